The average Bonchev–Trinajstić information content (AvgIpc) is 2.98. The number of fused-ring (bicyclic) bond motifs is 1. The SMILES string of the molecule is COC1CCC(NC(=O)N2CCCCN3[C@H](CN(C)CCF)[C@H](C4CCC(C#CC5CCCCC5)CC4)[C@@H]3C2)CC1. The topological polar surface area (TPSA) is 48.1 Å². The average molecular weight is 573 g/mol. The molecule has 5 rings (SSSR count). The Morgan fingerprint density at radius 1 is 0.902 bits per heavy atom. The molecule has 1 N–H and O–H groups in total. The molecule has 0 bridgehead atoms. The van der Waals surface area contributed by atoms with Crippen LogP contribution in [0.2, 0.25) is 0 Å². The molecule has 2 saturated heterocycles. The molecule has 0 aromatic carbocycles. The van der Waals surface area contributed by atoms with Gasteiger partial charge in [-0.1, -0.05) is 31.1 Å². The van der Waals surface area contributed by atoms with Gasteiger partial charge >= 0.3 is 6.03 Å². The fraction of sp³-hybridized carbons (Fsp3) is 0.912. The van der Waals surface area contributed by atoms with E-state index >= 15 is 0 Å². The lowest BCUT2D eigenvalue weighted by Crippen LogP contribution is -2.72. The van der Waals surface area contributed by atoms with Crippen LogP contribution in [0.5, 0.6) is 0 Å². The molecule has 232 valence electrons. The smallest absolute Gasteiger partial charge is 0.317 e. The van der Waals surface area contributed by atoms with Gasteiger partial charge in [-0.05, 0) is 102 Å². The van der Waals surface area contributed by atoms with Crippen LogP contribution in [0.15, 0.2) is 0 Å². The zero-order chi connectivity index (χ0) is 28.6. The van der Waals surface area contributed by atoms with Crippen LogP contribution in [0, 0.1) is 35.5 Å². The van der Waals surface area contributed by atoms with Gasteiger partial charge in [-0.3, -0.25) is 4.90 Å². The normalized spacial score (nSPS) is 35.4. The standard InChI is InChI=1S/C34H57FN4O2/c1-37(23-20-35)24-31-33(28-14-12-27(13-15-28)11-10-26-8-4-3-5-9-26)32-25-38(21-6-7-22-39(31)32)34(40)36-29-16-18-30(41-2)19-17-29/h26-33H,3-9,12-25H2,1-2H3,(H,36,40)/t27?,28?,29?,30?,31-,32+,33+/m1/s1. The van der Waals surface area contributed by atoms with E-state index in [4.69, 9.17) is 4.74 Å². The third-order valence-corrected chi connectivity index (χ3v) is 11.2. The number of hydrogen-bond acceptors (Lipinski definition) is 4. The maximum atomic E-state index is 13.5. The molecule has 3 atom stereocenters. The number of urea groups is 1. The minimum atomic E-state index is -0.289. The van der Waals surface area contributed by atoms with Gasteiger partial charge in [0.2, 0.25) is 0 Å². The quantitative estimate of drug-likeness (QED) is 0.397. The van der Waals surface area contributed by atoms with Crippen molar-refractivity contribution in [2.24, 2.45) is 23.7 Å². The summed E-state index contributed by atoms with van der Waals surface area (Å²) < 4.78 is 18.8. The van der Waals surface area contributed by atoms with Crippen molar-refractivity contribution in [3.63, 3.8) is 0 Å². The van der Waals surface area contributed by atoms with Crippen molar-refractivity contribution in [3.05, 3.63) is 0 Å². The summed E-state index contributed by atoms with van der Waals surface area (Å²) in [4.78, 5) is 20.5. The maximum Gasteiger partial charge on any atom is 0.317 e. The number of amides is 2. The number of rotatable bonds is 7. The van der Waals surface area contributed by atoms with Crippen molar-refractivity contribution in [3.8, 4) is 11.8 Å². The van der Waals surface area contributed by atoms with Crippen molar-refractivity contribution in [1.82, 2.24) is 20.0 Å². The summed E-state index contributed by atoms with van der Waals surface area (Å²) in [5.41, 5.74) is 0. The predicted octanol–water partition coefficient (Wildman–Crippen LogP) is 5.71. The molecule has 7 heteroatoms. The van der Waals surface area contributed by atoms with Gasteiger partial charge in [-0.2, -0.15) is 0 Å². The lowest BCUT2D eigenvalue weighted by atomic mass is 9.65. The number of alkyl halides is 1. The van der Waals surface area contributed by atoms with Gasteiger partial charge in [-0.15, -0.1) is 0 Å². The lowest BCUT2D eigenvalue weighted by molar-refractivity contribution is -0.115. The molecule has 3 aliphatic carbocycles. The second kappa shape index (κ2) is 15.4. The molecule has 0 unspecified atom stereocenters. The highest BCUT2D eigenvalue weighted by Crippen LogP contribution is 2.46. The first-order chi connectivity index (χ1) is 20.1. The van der Waals surface area contributed by atoms with Crippen molar-refractivity contribution in [1.29, 1.82) is 0 Å². The van der Waals surface area contributed by atoms with Crippen molar-refractivity contribution < 1.29 is 13.9 Å². The zero-order valence-corrected chi connectivity index (χ0v) is 26.0. The third kappa shape index (κ3) is 8.18. The van der Waals surface area contributed by atoms with Gasteiger partial charge in [0.15, 0.2) is 0 Å². The first-order valence-corrected chi connectivity index (χ1v) is 17.1. The number of ether oxygens (including phenoxy) is 1. The number of likely N-dealkylation sites (N-methyl/N-ethyl adjacent to an activating group) is 1. The maximum absolute atomic E-state index is 13.5. The van der Waals surface area contributed by atoms with E-state index in [1.165, 1.54) is 57.8 Å². The van der Waals surface area contributed by atoms with E-state index in [0.29, 0.717) is 48.4 Å². The minimum absolute atomic E-state index is 0.131. The van der Waals surface area contributed by atoms with Crippen LogP contribution in [0.25, 0.3) is 0 Å². The highest BCUT2D eigenvalue weighted by atomic mass is 19.1. The molecule has 5 aliphatic rings. The number of halogens is 1. The molecular formula is C34H57FN4O2. The predicted molar refractivity (Wildman–Crippen MR) is 163 cm³/mol. The van der Waals surface area contributed by atoms with E-state index < -0.39 is 0 Å². The van der Waals surface area contributed by atoms with Gasteiger partial charge in [0, 0.05) is 63.3 Å². The molecule has 6 nitrogen and oxygen atoms in total. The van der Waals surface area contributed by atoms with Crippen LogP contribution in [0.4, 0.5) is 9.18 Å². The minimum Gasteiger partial charge on any atom is -0.381 e. The van der Waals surface area contributed by atoms with Crippen molar-refractivity contribution >= 4 is 6.03 Å². The number of methoxy groups -OCH3 is 1. The van der Waals surface area contributed by atoms with Crippen LogP contribution in [0.1, 0.15) is 96.3 Å². The van der Waals surface area contributed by atoms with Crippen LogP contribution in [0.3, 0.4) is 0 Å². The van der Waals surface area contributed by atoms with E-state index in [1.807, 2.05) is 0 Å². The van der Waals surface area contributed by atoms with Crippen LogP contribution in [-0.2, 0) is 4.74 Å². The van der Waals surface area contributed by atoms with E-state index in [-0.39, 0.29) is 18.7 Å². The Bertz CT molecular complexity index is 870. The summed E-state index contributed by atoms with van der Waals surface area (Å²) in [6.07, 6.45) is 18.2. The van der Waals surface area contributed by atoms with Gasteiger partial charge in [0.25, 0.3) is 0 Å². The number of nitrogens with one attached hydrogen (secondary N) is 1. The third-order valence-electron chi connectivity index (χ3n) is 11.2. The molecule has 2 heterocycles. The molecule has 0 spiro atoms. The lowest BCUT2D eigenvalue weighted by Gasteiger charge is -2.61. The van der Waals surface area contributed by atoms with Crippen molar-refractivity contribution in [2.45, 2.75) is 121 Å². The Kier molecular flexibility index (Phi) is 11.7. The molecule has 0 radical (unpaired) electrons. The molecule has 2 aliphatic heterocycles. The number of nitrogens with zero attached hydrogens (tertiary/aromatic N) is 3. The number of hydrogen-bond donors (Lipinski definition) is 1. The Morgan fingerprint density at radius 2 is 1.59 bits per heavy atom. The van der Waals surface area contributed by atoms with E-state index in [9.17, 15) is 9.18 Å². The summed E-state index contributed by atoms with van der Waals surface area (Å²) in [6, 6.07) is 1.29. The number of carbonyl (C=O) groups is 1. The largest absolute Gasteiger partial charge is 0.381 e. The first-order valence-electron chi connectivity index (χ1n) is 17.1. The van der Waals surface area contributed by atoms with E-state index in [2.05, 4.69) is 38.9 Å². The summed E-state index contributed by atoms with van der Waals surface area (Å²) >= 11 is 0. The highest BCUT2D eigenvalue weighted by molar-refractivity contribution is 5.74. The highest BCUT2D eigenvalue weighted by Gasteiger charge is 2.52. The van der Waals surface area contributed by atoms with E-state index in [0.717, 1.165) is 64.7 Å². The van der Waals surface area contributed by atoms with Gasteiger partial charge < -0.3 is 19.9 Å². The Hall–Kier alpha value is -1.36. The second-order valence-electron chi connectivity index (χ2n) is 13.9. The summed E-state index contributed by atoms with van der Waals surface area (Å²) in [5.74, 6) is 9.84. The van der Waals surface area contributed by atoms with Gasteiger partial charge in [-0.25, -0.2) is 9.18 Å². The van der Waals surface area contributed by atoms with Crippen molar-refractivity contribution in [2.75, 3.05) is 53.6 Å². The Balaban J connectivity index is 1.21. The monoisotopic (exact) mass is 572 g/mol. The molecule has 0 aromatic rings. The van der Waals surface area contributed by atoms with Crippen LogP contribution in [-0.4, -0.2) is 98.5 Å². The fourth-order valence-electron chi connectivity index (χ4n) is 8.75. The van der Waals surface area contributed by atoms with Crippen LogP contribution < -0.4 is 5.32 Å². The zero-order valence-electron chi connectivity index (χ0n) is 26.0. The van der Waals surface area contributed by atoms with E-state index in [1.54, 1.807) is 7.11 Å². The molecule has 0 aromatic heterocycles. The molecule has 2 amide bonds. The Labute approximate surface area is 249 Å². The molecule has 3 saturated carbocycles. The van der Waals surface area contributed by atoms with Gasteiger partial charge in [0.1, 0.15) is 6.67 Å². The van der Waals surface area contributed by atoms with Gasteiger partial charge in [0.05, 0.1) is 6.10 Å². The van der Waals surface area contributed by atoms with Crippen LogP contribution >= 0.6 is 0 Å². The molecular weight excluding hydrogens is 515 g/mol. The fourth-order valence-corrected chi connectivity index (χ4v) is 8.75. The molecule has 41 heavy (non-hydrogen) atoms. The summed E-state index contributed by atoms with van der Waals surface area (Å²) in [5, 5.41) is 3.39. The molecule has 5 fully saturated rings. The Morgan fingerprint density at radius 3 is 2.27 bits per heavy atom. The summed E-state index contributed by atoms with van der Waals surface area (Å²) in [6.45, 7) is 3.93. The summed E-state index contributed by atoms with van der Waals surface area (Å²) in [7, 11) is 3.87. The second-order valence-corrected chi connectivity index (χ2v) is 13.9. The number of carbonyl (C=O) groups excluding carboxylic acids is 1. The first kappa shape index (κ1) is 31.1.